The van der Waals surface area contributed by atoms with Crippen LogP contribution in [0.15, 0.2) is 0 Å². The Bertz CT molecular complexity index is 196. The summed E-state index contributed by atoms with van der Waals surface area (Å²) in [5.74, 6) is 0. The van der Waals surface area contributed by atoms with Crippen LogP contribution in [0.25, 0.3) is 0 Å². The van der Waals surface area contributed by atoms with E-state index in [0.717, 1.165) is 12.8 Å². The summed E-state index contributed by atoms with van der Waals surface area (Å²) in [7, 11) is 0. The Morgan fingerprint density at radius 2 is 1.87 bits per heavy atom. The van der Waals surface area contributed by atoms with Crippen LogP contribution >= 0.6 is 0 Å². The van der Waals surface area contributed by atoms with Crippen LogP contribution in [0.4, 0.5) is 13.2 Å². The number of halogens is 3. The van der Waals surface area contributed by atoms with Crippen molar-refractivity contribution in [3.63, 3.8) is 0 Å². The van der Waals surface area contributed by atoms with E-state index in [1.54, 1.807) is 0 Å². The predicted octanol–water partition coefficient (Wildman–Crippen LogP) is 1.23. The van der Waals surface area contributed by atoms with E-state index in [9.17, 15) is 18.3 Å². The Kier molecular flexibility index (Phi) is 4.36. The zero-order valence-corrected chi connectivity index (χ0v) is 8.20. The molecule has 0 aromatic heterocycles. The zero-order valence-electron chi connectivity index (χ0n) is 8.20. The Balaban J connectivity index is 2.29. The molecule has 90 valence electrons. The van der Waals surface area contributed by atoms with Crippen molar-refractivity contribution in [1.82, 2.24) is 0 Å². The number of ether oxygens (including phenoxy) is 1. The Morgan fingerprint density at radius 3 is 2.40 bits per heavy atom. The first-order valence-electron chi connectivity index (χ1n) is 4.95. The molecule has 0 saturated heterocycles. The molecule has 0 amide bonds. The second-order valence-corrected chi connectivity index (χ2v) is 3.78. The average molecular weight is 228 g/mol. The molecular weight excluding hydrogens is 213 g/mol. The first-order chi connectivity index (χ1) is 6.91. The molecule has 0 bridgehead atoms. The SMILES string of the molecule is OC1CCCCC1OCC(O)C(F)(F)F. The van der Waals surface area contributed by atoms with Gasteiger partial charge < -0.3 is 14.9 Å². The van der Waals surface area contributed by atoms with Crippen molar-refractivity contribution in [1.29, 1.82) is 0 Å². The number of alkyl halides is 3. The quantitative estimate of drug-likeness (QED) is 0.763. The van der Waals surface area contributed by atoms with E-state index in [4.69, 9.17) is 9.84 Å². The maximum Gasteiger partial charge on any atom is 0.416 e. The van der Waals surface area contributed by atoms with Gasteiger partial charge >= 0.3 is 6.18 Å². The molecule has 0 radical (unpaired) electrons. The van der Waals surface area contributed by atoms with Crippen LogP contribution < -0.4 is 0 Å². The van der Waals surface area contributed by atoms with E-state index in [1.807, 2.05) is 0 Å². The van der Waals surface area contributed by atoms with Gasteiger partial charge in [0, 0.05) is 0 Å². The van der Waals surface area contributed by atoms with Gasteiger partial charge in [-0.1, -0.05) is 12.8 Å². The summed E-state index contributed by atoms with van der Waals surface area (Å²) in [5.41, 5.74) is 0. The maximum absolute atomic E-state index is 11.9. The molecule has 6 heteroatoms. The number of aliphatic hydroxyl groups excluding tert-OH is 2. The van der Waals surface area contributed by atoms with Gasteiger partial charge in [-0.05, 0) is 12.8 Å². The van der Waals surface area contributed by atoms with Gasteiger partial charge in [-0.25, -0.2) is 0 Å². The molecule has 1 fully saturated rings. The lowest BCUT2D eigenvalue weighted by atomic mass is 9.95. The molecule has 0 aliphatic heterocycles. The van der Waals surface area contributed by atoms with Crippen molar-refractivity contribution in [3.05, 3.63) is 0 Å². The minimum absolute atomic E-state index is 0.547. The molecule has 1 saturated carbocycles. The molecule has 15 heavy (non-hydrogen) atoms. The number of hydrogen-bond acceptors (Lipinski definition) is 3. The third-order valence-electron chi connectivity index (χ3n) is 2.51. The highest BCUT2D eigenvalue weighted by molar-refractivity contribution is 4.76. The third kappa shape index (κ3) is 3.96. The topological polar surface area (TPSA) is 49.7 Å². The lowest BCUT2D eigenvalue weighted by Crippen LogP contribution is -2.39. The standard InChI is InChI=1S/C9H15F3O3/c10-9(11,12)8(14)5-15-7-4-2-1-3-6(7)13/h6-8,13-14H,1-5H2. The first-order valence-corrected chi connectivity index (χ1v) is 4.95. The predicted molar refractivity (Wildman–Crippen MR) is 46.3 cm³/mol. The number of hydrogen-bond donors (Lipinski definition) is 2. The van der Waals surface area contributed by atoms with Crippen molar-refractivity contribution < 1.29 is 28.1 Å². The van der Waals surface area contributed by atoms with Crippen molar-refractivity contribution in [2.75, 3.05) is 6.61 Å². The molecule has 0 aromatic rings. The Hall–Kier alpha value is -0.330. The van der Waals surface area contributed by atoms with Gasteiger partial charge in [0.1, 0.15) is 0 Å². The lowest BCUT2D eigenvalue weighted by molar-refractivity contribution is -0.225. The van der Waals surface area contributed by atoms with Crippen LogP contribution in [-0.2, 0) is 4.74 Å². The number of aliphatic hydroxyl groups is 2. The van der Waals surface area contributed by atoms with Crippen LogP contribution in [0.2, 0.25) is 0 Å². The molecule has 0 spiro atoms. The molecule has 3 nitrogen and oxygen atoms in total. The normalized spacial score (nSPS) is 30.2. The number of rotatable bonds is 3. The van der Waals surface area contributed by atoms with E-state index >= 15 is 0 Å². The molecule has 3 atom stereocenters. The van der Waals surface area contributed by atoms with E-state index < -0.39 is 31.1 Å². The van der Waals surface area contributed by atoms with Crippen LogP contribution in [-0.4, -0.2) is 41.3 Å². The van der Waals surface area contributed by atoms with E-state index in [2.05, 4.69) is 0 Å². The molecule has 3 unspecified atom stereocenters. The molecule has 1 aliphatic carbocycles. The molecular formula is C9H15F3O3. The molecule has 2 N–H and O–H groups in total. The Labute approximate surface area is 85.9 Å². The lowest BCUT2D eigenvalue weighted by Gasteiger charge is -2.28. The van der Waals surface area contributed by atoms with Gasteiger partial charge in [-0.15, -0.1) is 0 Å². The highest BCUT2D eigenvalue weighted by Crippen LogP contribution is 2.24. The maximum atomic E-state index is 11.9. The van der Waals surface area contributed by atoms with Crippen LogP contribution in [0, 0.1) is 0 Å². The third-order valence-corrected chi connectivity index (χ3v) is 2.51. The summed E-state index contributed by atoms with van der Waals surface area (Å²) in [4.78, 5) is 0. The molecule has 1 aliphatic rings. The van der Waals surface area contributed by atoms with Crippen LogP contribution in [0.5, 0.6) is 0 Å². The molecule has 1 rings (SSSR count). The van der Waals surface area contributed by atoms with Gasteiger partial charge in [0.25, 0.3) is 0 Å². The average Bonchev–Trinajstić information content (AvgIpc) is 2.14. The summed E-state index contributed by atoms with van der Waals surface area (Å²) in [5, 5.41) is 18.1. The fourth-order valence-corrected chi connectivity index (χ4v) is 1.58. The summed E-state index contributed by atoms with van der Waals surface area (Å²) in [6.07, 6.45) is -5.60. The largest absolute Gasteiger partial charge is 0.416 e. The van der Waals surface area contributed by atoms with Crippen LogP contribution in [0.1, 0.15) is 25.7 Å². The monoisotopic (exact) mass is 228 g/mol. The minimum Gasteiger partial charge on any atom is -0.390 e. The van der Waals surface area contributed by atoms with Gasteiger partial charge in [0.05, 0.1) is 18.8 Å². The van der Waals surface area contributed by atoms with Gasteiger partial charge in [0.15, 0.2) is 6.10 Å². The summed E-state index contributed by atoms with van der Waals surface area (Å²) >= 11 is 0. The smallest absolute Gasteiger partial charge is 0.390 e. The highest BCUT2D eigenvalue weighted by atomic mass is 19.4. The molecule has 0 heterocycles. The van der Waals surface area contributed by atoms with Gasteiger partial charge in [-0.2, -0.15) is 13.2 Å². The second-order valence-electron chi connectivity index (χ2n) is 3.78. The molecule has 0 aromatic carbocycles. The minimum atomic E-state index is -4.65. The van der Waals surface area contributed by atoms with E-state index in [0.29, 0.717) is 12.8 Å². The Morgan fingerprint density at radius 1 is 1.27 bits per heavy atom. The summed E-state index contributed by atoms with van der Waals surface area (Å²) < 4.78 is 40.6. The van der Waals surface area contributed by atoms with Crippen molar-refractivity contribution in [3.8, 4) is 0 Å². The van der Waals surface area contributed by atoms with E-state index in [-0.39, 0.29) is 0 Å². The first kappa shape index (κ1) is 12.7. The summed E-state index contributed by atoms with van der Waals surface area (Å²) in [6, 6.07) is 0. The fourth-order valence-electron chi connectivity index (χ4n) is 1.58. The van der Waals surface area contributed by atoms with Crippen LogP contribution in [0.3, 0.4) is 0 Å². The van der Waals surface area contributed by atoms with Gasteiger partial charge in [0.2, 0.25) is 0 Å². The van der Waals surface area contributed by atoms with Gasteiger partial charge in [-0.3, -0.25) is 0 Å². The second kappa shape index (κ2) is 5.14. The van der Waals surface area contributed by atoms with E-state index in [1.165, 1.54) is 0 Å². The van der Waals surface area contributed by atoms with Crippen molar-refractivity contribution in [2.24, 2.45) is 0 Å². The van der Waals surface area contributed by atoms with Crippen molar-refractivity contribution in [2.45, 2.75) is 50.2 Å². The fraction of sp³-hybridized carbons (Fsp3) is 1.00. The van der Waals surface area contributed by atoms with Crippen molar-refractivity contribution >= 4 is 0 Å². The zero-order chi connectivity index (χ0) is 11.5. The summed E-state index contributed by atoms with van der Waals surface area (Å²) in [6.45, 7) is -0.800. The highest BCUT2D eigenvalue weighted by Gasteiger charge is 2.39.